The molecule has 0 aliphatic heterocycles. The van der Waals surface area contributed by atoms with Gasteiger partial charge in [0.05, 0.1) is 18.0 Å². The maximum absolute atomic E-state index is 12.9. The average molecular weight is 564 g/mol. The maximum atomic E-state index is 12.9. The van der Waals surface area contributed by atoms with Gasteiger partial charge in [0.15, 0.2) is 0 Å². The van der Waals surface area contributed by atoms with E-state index in [0.29, 0.717) is 35.1 Å². The number of hydrogen-bond donors (Lipinski definition) is 3. The molecule has 208 valence electrons. The van der Waals surface area contributed by atoms with Crippen LogP contribution in [0.3, 0.4) is 0 Å². The molecule has 0 aliphatic rings. The Labute approximate surface area is 229 Å². The van der Waals surface area contributed by atoms with Crippen molar-refractivity contribution in [3.8, 4) is 17.0 Å². The number of anilines is 1. The highest BCUT2D eigenvalue weighted by atomic mass is 35.5. The second-order valence-electron chi connectivity index (χ2n) is 9.34. The highest BCUT2D eigenvalue weighted by Gasteiger charge is 2.31. The van der Waals surface area contributed by atoms with Gasteiger partial charge in [-0.3, -0.25) is 9.59 Å². The summed E-state index contributed by atoms with van der Waals surface area (Å²) in [5.74, 6) is -0.617. The van der Waals surface area contributed by atoms with Crippen LogP contribution in [0, 0.1) is 5.92 Å². The van der Waals surface area contributed by atoms with Crippen molar-refractivity contribution in [2.24, 2.45) is 5.92 Å². The SMILES string of the molecule is CC(C)CC(COc1ccc(-c2ccc(C(F)(F)F)cc2Cl)cn1)Nc1ccc(C(=O)NCCC(=O)O)cc1. The monoisotopic (exact) mass is 563 g/mol. The van der Waals surface area contributed by atoms with E-state index >= 15 is 0 Å². The lowest BCUT2D eigenvalue weighted by atomic mass is 10.0. The van der Waals surface area contributed by atoms with Crippen LogP contribution in [0.2, 0.25) is 5.02 Å². The van der Waals surface area contributed by atoms with Gasteiger partial charge in [0.25, 0.3) is 5.91 Å². The molecular weight excluding hydrogens is 535 g/mol. The number of carbonyl (C=O) groups is 2. The molecule has 0 fully saturated rings. The molecule has 3 N–H and O–H groups in total. The summed E-state index contributed by atoms with van der Waals surface area (Å²) in [6.07, 6.45) is -2.34. The fourth-order valence-electron chi connectivity index (χ4n) is 3.81. The fraction of sp³-hybridized carbons (Fsp3) is 0.321. The number of ether oxygens (including phenoxy) is 1. The van der Waals surface area contributed by atoms with Crippen molar-refractivity contribution >= 4 is 29.2 Å². The molecular formula is C28H29ClF3N3O4. The number of halogens is 4. The standard InChI is InChI=1S/C28H29ClF3N3O4/c1-17(2)13-22(35-21-7-3-18(4-8-21)27(38)33-12-11-26(36)37)16-39-25-10-5-19(15-34-25)23-9-6-20(14-24(23)29)28(30,31)32/h3-10,14-15,17,22,35H,11-13,16H2,1-2H3,(H,33,38)(H,36,37). The van der Waals surface area contributed by atoms with Gasteiger partial charge in [-0.15, -0.1) is 0 Å². The van der Waals surface area contributed by atoms with Crippen molar-refractivity contribution in [3.63, 3.8) is 0 Å². The van der Waals surface area contributed by atoms with Gasteiger partial charge in [-0.25, -0.2) is 4.98 Å². The van der Waals surface area contributed by atoms with E-state index in [2.05, 4.69) is 29.5 Å². The molecule has 3 aromatic rings. The smallest absolute Gasteiger partial charge is 0.416 e. The van der Waals surface area contributed by atoms with E-state index in [-0.39, 0.29) is 29.9 Å². The quantitative estimate of drug-likeness (QED) is 0.232. The molecule has 1 aromatic heterocycles. The normalized spacial score (nSPS) is 12.2. The van der Waals surface area contributed by atoms with Crippen LogP contribution in [0.4, 0.5) is 18.9 Å². The number of carboxylic acid groups (broad SMARTS) is 1. The molecule has 3 rings (SSSR count). The van der Waals surface area contributed by atoms with Gasteiger partial charge in [-0.1, -0.05) is 31.5 Å². The van der Waals surface area contributed by atoms with Gasteiger partial charge in [0, 0.05) is 46.2 Å². The van der Waals surface area contributed by atoms with Crippen LogP contribution in [0.25, 0.3) is 11.1 Å². The third-order valence-corrected chi connectivity index (χ3v) is 5.99. The minimum Gasteiger partial charge on any atom is -0.481 e. The zero-order valence-electron chi connectivity index (χ0n) is 21.4. The Hall–Kier alpha value is -3.79. The van der Waals surface area contributed by atoms with Gasteiger partial charge < -0.3 is 20.5 Å². The van der Waals surface area contributed by atoms with Crippen LogP contribution in [0.15, 0.2) is 60.8 Å². The lowest BCUT2D eigenvalue weighted by Gasteiger charge is -2.22. The summed E-state index contributed by atoms with van der Waals surface area (Å²) in [5, 5.41) is 14.6. The summed E-state index contributed by atoms with van der Waals surface area (Å²) in [7, 11) is 0. The van der Waals surface area contributed by atoms with Gasteiger partial charge in [-0.2, -0.15) is 13.2 Å². The molecule has 2 aromatic carbocycles. The molecule has 1 heterocycles. The zero-order chi connectivity index (χ0) is 28.6. The second kappa shape index (κ2) is 13.3. The lowest BCUT2D eigenvalue weighted by Crippen LogP contribution is -2.29. The van der Waals surface area contributed by atoms with Crippen LogP contribution >= 0.6 is 11.6 Å². The van der Waals surface area contributed by atoms with Crippen LogP contribution in [0.5, 0.6) is 5.88 Å². The minimum atomic E-state index is -4.47. The number of aliphatic carboxylic acids is 1. The van der Waals surface area contributed by atoms with Gasteiger partial charge in [0.2, 0.25) is 5.88 Å². The van der Waals surface area contributed by atoms with E-state index in [9.17, 15) is 22.8 Å². The number of hydrogen-bond acceptors (Lipinski definition) is 5. The number of benzene rings is 2. The lowest BCUT2D eigenvalue weighted by molar-refractivity contribution is -0.138. The third kappa shape index (κ3) is 9.17. The number of alkyl halides is 3. The Morgan fingerprint density at radius 3 is 2.36 bits per heavy atom. The molecule has 1 atom stereocenters. The summed E-state index contributed by atoms with van der Waals surface area (Å²) in [5.41, 5.74) is 1.38. The molecule has 0 spiro atoms. The number of carbonyl (C=O) groups excluding carboxylic acids is 1. The third-order valence-electron chi connectivity index (χ3n) is 5.67. The Balaban J connectivity index is 1.60. The first-order chi connectivity index (χ1) is 18.4. The predicted octanol–water partition coefficient (Wildman–Crippen LogP) is 6.53. The summed E-state index contributed by atoms with van der Waals surface area (Å²) in [6, 6.07) is 13.3. The van der Waals surface area contributed by atoms with E-state index in [4.69, 9.17) is 21.4 Å². The number of rotatable bonds is 12. The Kier molecular flexibility index (Phi) is 10.2. The van der Waals surface area contributed by atoms with Gasteiger partial charge in [0.1, 0.15) is 6.61 Å². The molecule has 0 bridgehead atoms. The van der Waals surface area contributed by atoms with E-state index in [0.717, 1.165) is 24.2 Å². The van der Waals surface area contributed by atoms with Gasteiger partial charge >= 0.3 is 12.1 Å². The largest absolute Gasteiger partial charge is 0.481 e. The molecule has 1 amide bonds. The molecule has 39 heavy (non-hydrogen) atoms. The van der Waals surface area contributed by atoms with E-state index in [1.807, 2.05) is 0 Å². The fourth-order valence-corrected chi connectivity index (χ4v) is 4.10. The first kappa shape index (κ1) is 29.8. The van der Waals surface area contributed by atoms with Crippen LogP contribution in [-0.4, -0.2) is 41.2 Å². The topological polar surface area (TPSA) is 101 Å². The average Bonchev–Trinajstić information content (AvgIpc) is 2.87. The van der Waals surface area contributed by atoms with Crippen molar-refractivity contribution in [2.45, 2.75) is 38.9 Å². The first-order valence-corrected chi connectivity index (χ1v) is 12.6. The maximum Gasteiger partial charge on any atom is 0.416 e. The molecule has 0 saturated carbocycles. The van der Waals surface area contributed by atoms with Crippen molar-refractivity contribution in [2.75, 3.05) is 18.5 Å². The van der Waals surface area contributed by atoms with E-state index in [1.165, 1.54) is 12.3 Å². The van der Waals surface area contributed by atoms with E-state index < -0.39 is 17.7 Å². The van der Waals surface area contributed by atoms with Crippen molar-refractivity contribution in [1.82, 2.24) is 10.3 Å². The summed E-state index contributed by atoms with van der Waals surface area (Å²) in [6.45, 7) is 4.51. The number of aromatic nitrogens is 1. The molecule has 0 radical (unpaired) electrons. The van der Waals surface area contributed by atoms with Crippen LogP contribution < -0.4 is 15.4 Å². The number of nitrogens with zero attached hydrogens (tertiary/aromatic N) is 1. The number of carboxylic acids is 1. The Morgan fingerprint density at radius 2 is 1.79 bits per heavy atom. The molecule has 1 unspecified atom stereocenters. The van der Waals surface area contributed by atoms with Crippen molar-refractivity contribution in [1.29, 1.82) is 0 Å². The van der Waals surface area contributed by atoms with Crippen LogP contribution in [-0.2, 0) is 11.0 Å². The van der Waals surface area contributed by atoms with E-state index in [1.54, 1.807) is 36.4 Å². The highest BCUT2D eigenvalue weighted by molar-refractivity contribution is 6.33. The van der Waals surface area contributed by atoms with Crippen molar-refractivity contribution in [3.05, 3.63) is 76.9 Å². The van der Waals surface area contributed by atoms with Crippen LogP contribution in [0.1, 0.15) is 42.6 Å². The second-order valence-corrected chi connectivity index (χ2v) is 9.74. The summed E-state index contributed by atoms with van der Waals surface area (Å²) >= 11 is 6.09. The Morgan fingerprint density at radius 1 is 1.08 bits per heavy atom. The molecule has 0 saturated heterocycles. The number of pyridine rings is 1. The highest BCUT2D eigenvalue weighted by Crippen LogP contribution is 2.35. The summed E-state index contributed by atoms with van der Waals surface area (Å²) in [4.78, 5) is 27.0. The summed E-state index contributed by atoms with van der Waals surface area (Å²) < 4.78 is 44.6. The first-order valence-electron chi connectivity index (χ1n) is 12.2. The van der Waals surface area contributed by atoms with Gasteiger partial charge in [-0.05, 0) is 54.8 Å². The molecule has 0 aliphatic carbocycles. The number of amides is 1. The number of nitrogens with one attached hydrogen (secondary N) is 2. The minimum absolute atomic E-state index is 0.0229. The molecule has 11 heteroatoms. The molecule has 7 nitrogen and oxygen atoms in total. The zero-order valence-corrected chi connectivity index (χ0v) is 22.1. The predicted molar refractivity (Wildman–Crippen MR) is 143 cm³/mol. The van der Waals surface area contributed by atoms with Crippen molar-refractivity contribution < 1.29 is 32.6 Å². The Bertz CT molecular complexity index is 1270.